The molecule has 0 saturated heterocycles. The van der Waals surface area contributed by atoms with Crippen molar-refractivity contribution < 1.29 is 4.42 Å². The van der Waals surface area contributed by atoms with Gasteiger partial charge < -0.3 is 10.2 Å². The number of oxazole rings is 1. The summed E-state index contributed by atoms with van der Waals surface area (Å²) < 4.78 is 5.30. The van der Waals surface area contributed by atoms with Gasteiger partial charge in [0.1, 0.15) is 6.26 Å². The van der Waals surface area contributed by atoms with E-state index in [0.29, 0.717) is 18.4 Å². The van der Waals surface area contributed by atoms with Gasteiger partial charge in [0.05, 0.1) is 6.20 Å². The Morgan fingerprint density at radius 1 is 1.40 bits per heavy atom. The second kappa shape index (κ2) is 4.28. The molecule has 3 nitrogen and oxygen atoms in total. The zero-order valence-corrected chi connectivity index (χ0v) is 8.68. The van der Waals surface area contributed by atoms with Crippen LogP contribution in [0.15, 0.2) is 41.1 Å². The summed E-state index contributed by atoms with van der Waals surface area (Å²) in [6.07, 6.45) is 3.23. The fourth-order valence-electron chi connectivity index (χ4n) is 1.60. The van der Waals surface area contributed by atoms with Crippen LogP contribution in [0.1, 0.15) is 18.4 Å². The van der Waals surface area contributed by atoms with E-state index in [1.165, 1.54) is 5.56 Å². The molecular weight excluding hydrogens is 188 g/mol. The van der Waals surface area contributed by atoms with Crippen LogP contribution in [0.25, 0.3) is 11.5 Å². The topological polar surface area (TPSA) is 52.0 Å². The Kier molecular flexibility index (Phi) is 2.83. The maximum Gasteiger partial charge on any atom is 0.226 e. The molecule has 1 aromatic heterocycles. The highest BCUT2D eigenvalue weighted by Gasteiger charge is 2.12. The van der Waals surface area contributed by atoms with Crippen molar-refractivity contribution in [3.8, 4) is 11.5 Å². The highest BCUT2D eigenvalue weighted by Crippen LogP contribution is 2.27. The first kappa shape index (κ1) is 9.93. The lowest BCUT2D eigenvalue weighted by molar-refractivity contribution is 0.572. The summed E-state index contributed by atoms with van der Waals surface area (Å²) in [5, 5.41) is 0. The average molecular weight is 202 g/mol. The molecule has 1 aromatic carbocycles. The quantitative estimate of drug-likeness (QED) is 0.831. The van der Waals surface area contributed by atoms with Gasteiger partial charge in [0.2, 0.25) is 5.89 Å². The molecule has 0 aliphatic carbocycles. The van der Waals surface area contributed by atoms with Crippen molar-refractivity contribution in [2.24, 2.45) is 5.73 Å². The van der Waals surface area contributed by atoms with E-state index < -0.39 is 0 Å². The molecule has 1 atom stereocenters. The number of nitrogens with zero attached hydrogens (tertiary/aromatic N) is 1. The fraction of sp³-hybridized carbons (Fsp3) is 0.250. The molecule has 1 heterocycles. The predicted molar refractivity (Wildman–Crippen MR) is 59.4 cm³/mol. The highest BCUT2D eigenvalue weighted by atomic mass is 16.3. The molecule has 2 aromatic rings. The third-order valence-corrected chi connectivity index (χ3v) is 2.51. The second-order valence-electron chi connectivity index (χ2n) is 3.56. The molecule has 0 aliphatic rings. The molecular formula is C12H14N2O. The van der Waals surface area contributed by atoms with Crippen molar-refractivity contribution in [3.63, 3.8) is 0 Å². The van der Waals surface area contributed by atoms with Gasteiger partial charge in [-0.2, -0.15) is 0 Å². The minimum Gasteiger partial charge on any atom is -0.445 e. The Morgan fingerprint density at radius 2 is 2.20 bits per heavy atom. The van der Waals surface area contributed by atoms with Crippen molar-refractivity contribution in [1.29, 1.82) is 0 Å². The van der Waals surface area contributed by atoms with Crippen molar-refractivity contribution in [2.75, 3.05) is 6.54 Å². The van der Waals surface area contributed by atoms with Gasteiger partial charge in [-0.1, -0.05) is 25.1 Å². The van der Waals surface area contributed by atoms with Gasteiger partial charge in [-0.25, -0.2) is 4.98 Å². The van der Waals surface area contributed by atoms with E-state index in [2.05, 4.69) is 18.0 Å². The molecule has 1 unspecified atom stereocenters. The van der Waals surface area contributed by atoms with Crippen LogP contribution in [0, 0.1) is 0 Å². The van der Waals surface area contributed by atoms with Gasteiger partial charge in [0.15, 0.2) is 0 Å². The molecule has 0 saturated carbocycles. The maximum atomic E-state index is 5.68. The molecule has 2 N–H and O–H groups in total. The van der Waals surface area contributed by atoms with Crippen LogP contribution in [0.5, 0.6) is 0 Å². The molecule has 0 aliphatic heterocycles. The van der Waals surface area contributed by atoms with Crippen molar-refractivity contribution in [3.05, 3.63) is 42.3 Å². The number of hydrogen-bond acceptors (Lipinski definition) is 3. The Hall–Kier alpha value is -1.61. The maximum absolute atomic E-state index is 5.68. The van der Waals surface area contributed by atoms with E-state index in [1.54, 1.807) is 12.5 Å². The van der Waals surface area contributed by atoms with Crippen LogP contribution in [0.2, 0.25) is 0 Å². The number of benzene rings is 1. The Balaban J connectivity index is 2.47. The molecule has 15 heavy (non-hydrogen) atoms. The second-order valence-corrected chi connectivity index (χ2v) is 3.56. The minimum atomic E-state index is 0.313. The fourth-order valence-corrected chi connectivity index (χ4v) is 1.60. The molecule has 0 bridgehead atoms. The van der Waals surface area contributed by atoms with Crippen molar-refractivity contribution >= 4 is 0 Å². The summed E-state index contributed by atoms with van der Waals surface area (Å²) in [5.41, 5.74) is 7.89. The van der Waals surface area contributed by atoms with Gasteiger partial charge in [-0.15, -0.1) is 0 Å². The van der Waals surface area contributed by atoms with Crippen LogP contribution in [0.4, 0.5) is 0 Å². The van der Waals surface area contributed by atoms with E-state index in [-0.39, 0.29) is 0 Å². The number of nitrogens with two attached hydrogens (primary N) is 1. The van der Waals surface area contributed by atoms with E-state index in [9.17, 15) is 0 Å². The SMILES string of the molecule is CC(CN)c1ccccc1-c1ncco1. The largest absolute Gasteiger partial charge is 0.445 e. The first-order valence-electron chi connectivity index (χ1n) is 5.01. The molecule has 3 heteroatoms. The summed E-state index contributed by atoms with van der Waals surface area (Å²) >= 11 is 0. The molecule has 2 rings (SSSR count). The van der Waals surface area contributed by atoms with Crippen LogP contribution < -0.4 is 5.73 Å². The Labute approximate surface area is 88.9 Å². The van der Waals surface area contributed by atoms with Crippen molar-refractivity contribution in [1.82, 2.24) is 4.98 Å². The van der Waals surface area contributed by atoms with Gasteiger partial charge in [-0.05, 0) is 24.1 Å². The highest BCUT2D eigenvalue weighted by molar-refractivity contribution is 5.59. The Bertz CT molecular complexity index is 423. The van der Waals surface area contributed by atoms with Gasteiger partial charge in [0, 0.05) is 5.56 Å². The number of hydrogen-bond donors (Lipinski definition) is 1. The Morgan fingerprint density at radius 3 is 2.87 bits per heavy atom. The van der Waals surface area contributed by atoms with Crippen LogP contribution in [-0.2, 0) is 0 Å². The lowest BCUT2D eigenvalue weighted by atomic mass is 9.96. The smallest absolute Gasteiger partial charge is 0.226 e. The van der Waals surface area contributed by atoms with Crippen LogP contribution in [0.3, 0.4) is 0 Å². The first-order valence-corrected chi connectivity index (χ1v) is 5.01. The third-order valence-electron chi connectivity index (χ3n) is 2.51. The standard InChI is InChI=1S/C12H14N2O/c1-9(8-13)10-4-2-3-5-11(10)12-14-6-7-15-12/h2-7,9H,8,13H2,1H3. The van der Waals surface area contributed by atoms with Crippen LogP contribution >= 0.6 is 0 Å². The monoisotopic (exact) mass is 202 g/mol. The molecule has 0 spiro atoms. The summed E-state index contributed by atoms with van der Waals surface area (Å²) in [7, 11) is 0. The first-order chi connectivity index (χ1) is 7.33. The minimum absolute atomic E-state index is 0.313. The molecule has 0 radical (unpaired) electrons. The van der Waals surface area contributed by atoms with Gasteiger partial charge in [-0.3, -0.25) is 0 Å². The summed E-state index contributed by atoms with van der Waals surface area (Å²) in [4.78, 5) is 4.16. The van der Waals surface area contributed by atoms with E-state index in [1.807, 2.05) is 18.2 Å². The van der Waals surface area contributed by atoms with E-state index in [4.69, 9.17) is 10.2 Å². The zero-order valence-electron chi connectivity index (χ0n) is 8.68. The summed E-state index contributed by atoms with van der Waals surface area (Å²) in [5.74, 6) is 0.971. The lowest BCUT2D eigenvalue weighted by Gasteiger charge is -2.12. The lowest BCUT2D eigenvalue weighted by Crippen LogP contribution is -2.09. The molecule has 0 fully saturated rings. The zero-order chi connectivity index (χ0) is 10.7. The third kappa shape index (κ3) is 1.92. The summed E-state index contributed by atoms with van der Waals surface area (Å²) in [6.45, 7) is 2.72. The van der Waals surface area contributed by atoms with E-state index >= 15 is 0 Å². The average Bonchev–Trinajstić information content (AvgIpc) is 2.81. The van der Waals surface area contributed by atoms with Gasteiger partial charge >= 0.3 is 0 Å². The number of aromatic nitrogens is 1. The van der Waals surface area contributed by atoms with E-state index in [0.717, 1.165) is 5.56 Å². The predicted octanol–water partition coefficient (Wildman–Crippen LogP) is 2.40. The van der Waals surface area contributed by atoms with Crippen molar-refractivity contribution in [2.45, 2.75) is 12.8 Å². The van der Waals surface area contributed by atoms with Crippen LogP contribution in [-0.4, -0.2) is 11.5 Å². The molecule has 0 amide bonds. The normalized spacial score (nSPS) is 12.7. The number of rotatable bonds is 3. The molecule has 78 valence electrons. The summed E-state index contributed by atoms with van der Waals surface area (Å²) in [6, 6.07) is 8.06. The van der Waals surface area contributed by atoms with Gasteiger partial charge in [0.25, 0.3) is 0 Å².